The first-order valence-corrected chi connectivity index (χ1v) is 9.38. The minimum absolute atomic E-state index is 0.356. The van der Waals surface area contributed by atoms with Crippen molar-refractivity contribution >= 4 is 0 Å². The van der Waals surface area contributed by atoms with E-state index >= 15 is 0 Å². The molecule has 0 amide bonds. The molecule has 2 N–H and O–H groups in total. The van der Waals surface area contributed by atoms with Crippen LogP contribution in [0.3, 0.4) is 0 Å². The predicted octanol–water partition coefficient (Wildman–Crippen LogP) is 3.71. The first kappa shape index (κ1) is 17.2. The molecule has 0 aromatic carbocycles. The van der Waals surface area contributed by atoms with Crippen LogP contribution in [0.4, 0.5) is 0 Å². The molecular weight excluding hydrogens is 260 g/mol. The summed E-state index contributed by atoms with van der Waals surface area (Å²) in [7, 11) is 0. The van der Waals surface area contributed by atoms with E-state index in [4.69, 9.17) is 10.5 Å². The number of hydrogen-bond acceptors (Lipinski definition) is 3. The van der Waals surface area contributed by atoms with Gasteiger partial charge in [-0.05, 0) is 26.2 Å². The van der Waals surface area contributed by atoms with Crippen LogP contribution in [0.5, 0.6) is 0 Å². The van der Waals surface area contributed by atoms with Gasteiger partial charge < -0.3 is 10.5 Å². The smallest absolute Gasteiger partial charge is 0.0674 e. The van der Waals surface area contributed by atoms with Gasteiger partial charge in [0.1, 0.15) is 0 Å². The normalized spacial score (nSPS) is 35.4. The van der Waals surface area contributed by atoms with Gasteiger partial charge in [-0.3, -0.25) is 4.90 Å². The summed E-state index contributed by atoms with van der Waals surface area (Å²) in [5.74, 6) is 0. The van der Waals surface area contributed by atoms with E-state index in [1.807, 2.05) is 0 Å². The number of nitrogens with zero attached hydrogens (tertiary/aromatic N) is 1. The van der Waals surface area contributed by atoms with Crippen LogP contribution in [-0.2, 0) is 4.74 Å². The van der Waals surface area contributed by atoms with E-state index in [9.17, 15) is 0 Å². The van der Waals surface area contributed by atoms with E-state index < -0.39 is 0 Å². The Morgan fingerprint density at radius 3 is 2.19 bits per heavy atom. The Morgan fingerprint density at radius 1 is 0.857 bits per heavy atom. The SMILES string of the molecule is CC1CN(C2CCCCCCCCCCC2N)CCCO1. The van der Waals surface area contributed by atoms with Crippen molar-refractivity contribution in [3.8, 4) is 0 Å². The summed E-state index contributed by atoms with van der Waals surface area (Å²) in [4.78, 5) is 2.65. The Bertz CT molecular complexity index is 272. The summed E-state index contributed by atoms with van der Waals surface area (Å²) < 4.78 is 5.81. The van der Waals surface area contributed by atoms with Crippen molar-refractivity contribution < 1.29 is 4.74 Å². The lowest BCUT2D eigenvalue weighted by Crippen LogP contribution is -2.49. The van der Waals surface area contributed by atoms with E-state index in [1.54, 1.807) is 0 Å². The van der Waals surface area contributed by atoms with Crippen molar-refractivity contribution in [1.29, 1.82) is 0 Å². The second kappa shape index (κ2) is 9.81. The van der Waals surface area contributed by atoms with Gasteiger partial charge in [0, 0.05) is 31.8 Å². The van der Waals surface area contributed by atoms with E-state index in [0.717, 1.165) is 19.6 Å². The Balaban J connectivity index is 1.93. The number of nitrogens with two attached hydrogens (primary N) is 1. The van der Waals surface area contributed by atoms with E-state index in [1.165, 1.54) is 70.8 Å². The highest BCUT2D eigenvalue weighted by Crippen LogP contribution is 2.21. The molecule has 3 atom stereocenters. The molecule has 1 aliphatic heterocycles. The molecule has 0 spiro atoms. The second-order valence-corrected chi connectivity index (χ2v) is 7.17. The molecule has 2 rings (SSSR count). The van der Waals surface area contributed by atoms with E-state index in [0.29, 0.717) is 18.2 Å². The van der Waals surface area contributed by atoms with Gasteiger partial charge in [0.05, 0.1) is 6.10 Å². The average Bonchev–Trinajstić information content (AvgIpc) is 2.67. The van der Waals surface area contributed by atoms with E-state index in [-0.39, 0.29) is 0 Å². The maximum Gasteiger partial charge on any atom is 0.0674 e. The van der Waals surface area contributed by atoms with Crippen molar-refractivity contribution in [1.82, 2.24) is 4.90 Å². The molecule has 2 aliphatic rings. The zero-order valence-corrected chi connectivity index (χ0v) is 14.1. The van der Waals surface area contributed by atoms with Crippen molar-refractivity contribution in [3.05, 3.63) is 0 Å². The third-order valence-electron chi connectivity index (χ3n) is 5.23. The summed E-state index contributed by atoms with van der Waals surface area (Å²) in [6.07, 6.45) is 15.1. The van der Waals surface area contributed by atoms with Gasteiger partial charge in [-0.25, -0.2) is 0 Å². The van der Waals surface area contributed by atoms with Gasteiger partial charge in [-0.15, -0.1) is 0 Å². The summed E-state index contributed by atoms with van der Waals surface area (Å²) in [6.45, 7) is 5.36. The summed E-state index contributed by atoms with van der Waals surface area (Å²) in [5.41, 5.74) is 6.60. The fraction of sp³-hybridized carbons (Fsp3) is 1.00. The molecule has 3 heteroatoms. The molecule has 1 heterocycles. The monoisotopic (exact) mass is 296 g/mol. The molecule has 0 aromatic heterocycles. The summed E-state index contributed by atoms with van der Waals surface area (Å²) in [5, 5.41) is 0. The molecule has 0 bridgehead atoms. The van der Waals surface area contributed by atoms with Crippen LogP contribution >= 0.6 is 0 Å². The lowest BCUT2D eigenvalue weighted by molar-refractivity contribution is 0.0557. The van der Waals surface area contributed by atoms with Crippen LogP contribution in [-0.4, -0.2) is 42.8 Å². The Kier molecular flexibility index (Phi) is 8.05. The predicted molar refractivity (Wildman–Crippen MR) is 89.5 cm³/mol. The molecule has 0 radical (unpaired) electrons. The van der Waals surface area contributed by atoms with Gasteiger partial charge in [0.15, 0.2) is 0 Å². The molecule has 1 aliphatic carbocycles. The molecule has 3 unspecified atom stereocenters. The zero-order valence-electron chi connectivity index (χ0n) is 14.1. The first-order chi connectivity index (χ1) is 10.3. The minimum Gasteiger partial charge on any atom is -0.377 e. The Morgan fingerprint density at radius 2 is 1.48 bits per heavy atom. The van der Waals surface area contributed by atoms with Crippen LogP contribution in [0.2, 0.25) is 0 Å². The molecule has 1 saturated carbocycles. The highest BCUT2D eigenvalue weighted by atomic mass is 16.5. The van der Waals surface area contributed by atoms with Crippen molar-refractivity contribution in [2.45, 2.75) is 95.7 Å². The fourth-order valence-corrected chi connectivity index (χ4v) is 3.98. The van der Waals surface area contributed by atoms with Gasteiger partial charge in [-0.2, -0.15) is 0 Å². The highest BCUT2D eigenvalue weighted by Gasteiger charge is 2.27. The molecule has 0 aromatic rings. The lowest BCUT2D eigenvalue weighted by Gasteiger charge is -2.36. The molecule has 124 valence electrons. The topological polar surface area (TPSA) is 38.5 Å². The summed E-state index contributed by atoms with van der Waals surface area (Å²) in [6, 6.07) is 0.934. The first-order valence-electron chi connectivity index (χ1n) is 9.38. The maximum atomic E-state index is 6.60. The van der Waals surface area contributed by atoms with Crippen molar-refractivity contribution in [2.75, 3.05) is 19.7 Å². The van der Waals surface area contributed by atoms with Crippen LogP contribution in [0.15, 0.2) is 0 Å². The minimum atomic E-state index is 0.356. The summed E-state index contributed by atoms with van der Waals surface area (Å²) >= 11 is 0. The second-order valence-electron chi connectivity index (χ2n) is 7.17. The number of rotatable bonds is 1. The van der Waals surface area contributed by atoms with Gasteiger partial charge >= 0.3 is 0 Å². The van der Waals surface area contributed by atoms with Crippen LogP contribution < -0.4 is 5.73 Å². The Labute approximate surface area is 131 Å². The third kappa shape index (κ3) is 6.25. The van der Waals surface area contributed by atoms with Gasteiger partial charge in [-0.1, -0.05) is 51.4 Å². The lowest BCUT2D eigenvalue weighted by atomic mass is 9.93. The molecule has 2 fully saturated rings. The van der Waals surface area contributed by atoms with E-state index in [2.05, 4.69) is 11.8 Å². The Hall–Kier alpha value is -0.120. The standard InChI is InChI=1S/C18H36N2O/c1-16-15-20(13-10-14-21-16)18-12-9-7-5-3-2-4-6-8-11-17(18)19/h16-18H,2-15,19H2,1H3. The fourth-order valence-electron chi connectivity index (χ4n) is 3.98. The van der Waals surface area contributed by atoms with Crippen LogP contribution in [0.1, 0.15) is 77.6 Å². The molecular formula is C18H36N2O. The maximum absolute atomic E-state index is 6.60. The van der Waals surface area contributed by atoms with Gasteiger partial charge in [0.2, 0.25) is 0 Å². The molecule has 21 heavy (non-hydrogen) atoms. The van der Waals surface area contributed by atoms with Crippen LogP contribution in [0.25, 0.3) is 0 Å². The van der Waals surface area contributed by atoms with Crippen LogP contribution in [0, 0.1) is 0 Å². The average molecular weight is 296 g/mol. The molecule has 3 nitrogen and oxygen atoms in total. The largest absolute Gasteiger partial charge is 0.377 e. The number of hydrogen-bond donors (Lipinski definition) is 1. The quantitative estimate of drug-likeness (QED) is 0.801. The third-order valence-corrected chi connectivity index (χ3v) is 5.23. The molecule has 1 saturated heterocycles. The van der Waals surface area contributed by atoms with Crippen molar-refractivity contribution in [2.24, 2.45) is 5.73 Å². The van der Waals surface area contributed by atoms with Gasteiger partial charge in [0.25, 0.3) is 0 Å². The number of ether oxygens (including phenoxy) is 1. The van der Waals surface area contributed by atoms with Crippen molar-refractivity contribution in [3.63, 3.8) is 0 Å². The highest BCUT2D eigenvalue weighted by molar-refractivity contribution is 4.84. The zero-order chi connectivity index (χ0) is 14.9.